The van der Waals surface area contributed by atoms with Crippen molar-refractivity contribution in [1.82, 2.24) is 4.90 Å². The minimum atomic E-state index is -1.84. The Hall–Kier alpha value is -2.17. The first-order chi connectivity index (χ1) is 13.3. The van der Waals surface area contributed by atoms with Crippen molar-refractivity contribution < 1.29 is 14.6 Å². The van der Waals surface area contributed by atoms with Crippen LogP contribution in [0.5, 0.6) is 0 Å². The van der Waals surface area contributed by atoms with Crippen molar-refractivity contribution in [3.63, 3.8) is 0 Å². The van der Waals surface area contributed by atoms with Gasteiger partial charge < -0.3 is 14.7 Å². The van der Waals surface area contributed by atoms with Crippen LogP contribution in [0.2, 0.25) is 0 Å². The third-order valence-electron chi connectivity index (χ3n) is 5.75. The molecule has 0 heterocycles. The van der Waals surface area contributed by atoms with E-state index in [1.54, 1.807) is 12.1 Å². The third-order valence-corrected chi connectivity index (χ3v) is 5.75. The van der Waals surface area contributed by atoms with Gasteiger partial charge in [-0.3, -0.25) is 0 Å². The van der Waals surface area contributed by atoms with E-state index in [0.29, 0.717) is 17.7 Å². The van der Waals surface area contributed by atoms with Crippen LogP contribution in [0.3, 0.4) is 0 Å². The van der Waals surface area contributed by atoms with Gasteiger partial charge in [0.15, 0.2) is 0 Å². The molecule has 0 saturated carbocycles. The maximum atomic E-state index is 13.3. The summed E-state index contributed by atoms with van der Waals surface area (Å²) in [4.78, 5) is 15.4. The summed E-state index contributed by atoms with van der Waals surface area (Å²) in [5.74, 6) is -0.623. The number of hydrogen-bond donors (Lipinski definition) is 1. The normalized spacial score (nSPS) is 13.4. The molecule has 0 radical (unpaired) electrons. The molecule has 0 saturated heterocycles. The molecule has 2 rings (SSSR count). The molecule has 0 aliphatic carbocycles. The third kappa shape index (κ3) is 4.29. The summed E-state index contributed by atoms with van der Waals surface area (Å²) >= 11 is 0. The predicted octanol–water partition coefficient (Wildman–Crippen LogP) is 4.04. The lowest BCUT2D eigenvalue weighted by atomic mass is 9.79. The molecule has 0 amide bonds. The van der Waals surface area contributed by atoms with Crippen molar-refractivity contribution in [1.29, 1.82) is 0 Å². The van der Waals surface area contributed by atoms with Crippen molar-refractivity contribution in [3.05, 3.63) is 69.8 Å². The molecule has 0 aliphatic rings. The first kappa shape index (κ1) is 22.1. The van der Waals surface area contributed by atoms with Gasteiger partial charge in [0.2, 0.25) is 5.60 Å². The van der Waals surface area contributed by atoms with Crippen LogP contribution >= 0.6 is 0 Å². The molecule has 0 spiro atoms. The standard InChI is InChI=1S/C24H33NO3/c1-7-25(8-2)14-15-28-23(26)24(27,21-12-10-9-11-13-21)22-19(5)17(3)16-18(4)20(22)6/h9-13,16,27H,7-8,14-15H2,1-6H3/t24-/m0/s1. The summed E-state index contributed by atoms with van der Waals surface area (Å²) in [6.45, 7) is 14.8. The molecule has 2 aromatic carbocycles. The van der Waals surface area contributed by atoms with Crippen LogP contribution in [0.1, 0.15) is 47.2 Å². The first-order valence-corrected chi connectivity index (χ1v) is 10.0. The van der Waals surface area contributed by atoms with Gasteiger partial charge in [0, 0.05) is 12.1 Å². The Morgan fingerprint density at radius 1 is 1.00 bits per heavy atom. The van der Waals surface area contributed by atoms with Crippen molar-refractivity contribution in [2.24, 2.45) is 0 Å². The monoisotopic (exact) mass is 383 g/mol. The van der Waals surface area contributed by atoms with E-state index >= 15 is 0 Å². The highest BCUT2D eigenvalue weighted by Crippen LogP contribution is 2.37. The smallest absolute Gasteiger partial charge is 0.347 e. The zero-order valence-corrected chi connectivity index (χ0v) is 18.0. The molecular formula is C24H33NO3. The quantitative estimate of drug-likeness (QED) is 0.699. The number of nitrogens with zero attached hydrogens (tertiary/aromatic N) is 1. The summed E-state index contributed by atoms with van der Waals surface area (Å²) in [7, 11) is 0. The number of carbonyl (C=O) groups is 1. The minimum Gasteiger partial charge on any atom is -0.462 e. The van der Waals surface area contributed by atoms with Crippen LogP contribution in [-0.2, 0) is 15.1 Å². The maximum Gasteiger partial charge on any atom is 0.347 e. The lowest BCUT2D eigenvalue weighted by molar-refractivity contribution is -0.162. The molecule has 0 unspecified atom stereocenters. The average Bonchev–Trinajstić information content (AvgIpc) is 2.70. The number of benzene rings is 2. The van der Waals surface area contributed by atoms with Crippen LogP contribution in [0, 0.1) is 27.7 Å². The number of likely N-dealkylation sites (N-methyl/N-ethyl adjacent to an activating group) is 1. The van der Waals surface area contributed by atoms with Crippen LogP contribution in [0.4, 0.5) is 0 Å². The molecule has 28 heavy (non-hydrogen) atoms. The zero-order chi connectivity index (χ0) is 20.9. The van der Waals surface area contributed by atoms with E-state index in [2.05, 4.69) is 24.8 Å². The predicted molar refractivity (Wildman–Crippen MR) is 114 cm³/mol. The van der Waals surface area contributed by atoms with Crippen molar-refractivity contribution >= 4 is 5.97 Å². The molecule has 1 N–H and O–H groups in total. The van der Waals surface area contributed by atoms with E-state index < -0.39 is 11.6 Å². The van der Waals surface area contributed by atoms with Crippen LogP contribution in [0.15, 0.2) is 36.4 Å². The van der Waals surface area contributed by atoms with Gasteiger partial charge in [0.05, 0.1) is 0 Å². The van der Waals surface area contributed by atoms with Crippen LogP contribution < -0.4 is 0 Å². The van der Waals surface area contributed by atoms with Gasteiger partial charge in [-0.05, 0) is 68.6 Å². The second-order valence-electron chi connectivity index (χ2n) is 7.37. The number of rotatable bonds is 8. The van der Waals surface area contributed by atoms with Gasteiger partial charge in [0.1, 0.15) is 6.61 Å². The fourth-order valence-electron chi connectivity index (χ4n) is 3.71. The number of ether oxygens (including phenoxy) is 1. The van der Waals surface area contributed by atoms with Gasteiger partial charge in [0.25, 0.3) is 0 Å². The maximum absolute atomic E-state index is 13.3. The van der Waals surface area contributed by atoms with Gasteiger partial charge in [-0.2, -0.15) is 0 Å². The fourth-order valence-corrected chi connectivity index (χ4v) is 3.71. The molecule has 0 aromatic heterocycles. The van der Waals surface area contributed by atoms with Crippen molar-refractivity contribution in [2.75, 3.05) is 26.2 Å². The molecule has 1 atom stereocenters. The molecule has 2 aromatic rings. The number of aliphatic hydroxyl groups is 1. The Labute approximate surface area is 169 Å². The van der Waals surface area contributed by atoms with E-state index in [1.165, 1.54) is 0 Å². The SMILES string of the molecule is CCN(CC)CCOC(=O)[C@](O)(c1ccccc1)c1c(C)c(C)cc(C)c1C. The largest absolute Gasteiger partial charge is 0.462 e. The van der Waals surface area contributed by atoms with E-state index in [1.807, 2.05) is 45.9 Å². The Bertz CT molecular complexity index is 786. The highest BCUT2D eigenvalue weighted by Gasteiger charge is 2.44. The topological polar surface area (TPSA) is 49.8 Å². The van der Waals surface area contributed by atoms with E-state index in [0.717, 1.165) is 35.3 Å². The number of aryl methyl sites for hydroxylation is 2. The van der Waals surface area contributed by atoms with Gasteiger partial charge >= 0.3 is 5.97 Å². The van der Waals surface area contributed by atoms with Crippen molar-refractivity contribution in [3.8, 4) is 0 Å². The average molecular weight is 384 g/mol. The molecular weight excluding hydrogens is 350 g/mol. The minimum absolute atomic E-state index is 0.249. The van der Waals surface area contributed by atoms with Crippen LogP contribution in [-0.4, -0.2) is 42.2 Å². The Morgan fingerprint density at radius 2 is 1.54 bits per heavy atom. The highest BCUT2D eigenvalue weighted by atomic mass is 16.5. The lowest BCUT2D eigenvalue weighted by Gasteiger charge is -2.31. The van der Waals surface area contributed by atoms with Crippen LogP contribution in [0.25, 0.3) is 0 Å². The highest BCUT2D eigenvalue weighted by molar-refractivity contribution is 5.87. The lowest BCUT2D eigenvalue weighted by Crippen LogP contribution is -2.41. The fraction of sp³-hybridized carbons (Fsp3) is 0.458. The molecule has 0 aliphatic heterocycles. The van der Waals surface area contributed by atoms with E-state index in [9.17, 15) is 9.90 Å². The zero-order valence-electron chi connectivity index (χ0n) is 18.0. The Kier molecular flexibility index (Phi) is 7.39. The summed E-state index contributed by atoms with van der Waals surface area (Å²) in [6.07, 6.45) is 0. The summed E-state index contributed by atoms with van der Waals surface area (Å²) in [5.41, 5.74) is 3.23. The number of hydrogen-bond acceptors (Lipinski definition) is 4. The second-order valence-corrected chi connectivity index (χ2v) is 7.37. The van der Waals surface area contributed by atoms with Crippen molar-refractivity contribution in [2.45, 2.75) is 47.1 Å². The number of carbonyl (C=O) groups excluding carboxylic acids is 1. The van der Waals surface area contributed by atoms with Gasteiger partial charge in [-0.15, -0.1) is 0 Å². The molecule has 4 nitrogen and oxygen atoms in total. The van der Waals surface area contributed by atoms with E-state index in [4.69, 9.17) is 4.74 Å². The molecule has 0 fully saturated rings. The Balaban J connectivity index is 2.51. The molecule has 0 bridgehead atoms. The first-order valence-electron chi connectivity index (χ1n) is 10.0. The summed E-state index contributed by atoms with van der Waals surface area (Å²) in [5, 5.41) is 11.8. The summed E-state index contributed by atoms with van der Waals surface area (Å²) < 4.78 is 5.61. The molecule has 4 heteroatoms. The van der Waals surface area contributed by atoms with Gasteiger partial charge in [-0.25, -0.2) is 4.79 Å². The van der Waals surface area contributed by atoms with Gasteiger partial charge in [-0.1, -0.05) is 50.2 Å². The summed E-state index contributed by atoms with van der Waals surface area (Å²) in [6, 6.07) is 11.2. The number of esters is 1. The Morgan fingerprint density at radius 3 is 2.04 bits per heavy atom. The van der Waals surface area contributed by atoms with E-state index in [-0.39, 0.29) is 6.61 Å². The molecule has 152 valence electrons. The second kappa shape index (κ2) is 9.35.